The number of furan rings is 1. The van der Waals surface area contributed by atoms with E-state index in [0.29, 0.717) is 0 Å². The van der Waals surface area contributed by atoms with E-state index in [2.05, 4.69) is 193 Å². The molecule has 3 heteroatoms. The lowest BCUT2D eigenvalue weighted by molar-refractivity contribution is 0.664. The molecule has 0 aliphatic heterocycles. The third-order valence-electron chi connectivity index (χ3n) is 12.1. The Hall–Kier alpha value is -6.84. The second kappa shape index (κ2) is 10.6. The fraction of sp³-hybridized carbons (Fsp3) is 0.0588. The molecule has 254 valence electrons. The second-order valence-electron chi connectivity index (χ2n) is 15.3. The van der Waals surface area contributed by atoms with Crippen LogP contribution in [0.5, 0.6) is 0 Å². The zero-order valence-electron chi connectivity index (χ0n) is 30.0. The molecule has 8 aromatic carbocycles. The van der Waals surface area contributed by atoms with Crippen molar-refractivity contribution >= 4 is 65.6 Å². The van der Waals surface area contributed by atoms with Crippen LogP contribution in [0.1, 0.15) is 25.0 Å². The van der Waals surface area contributed by atoms with Gasteiger partial charge in [0.2, 0.25) is 0 Å². The Balaban J connectivity index is 1.27. The standard InChI is InChI=1S/C51H34N2O/c1-51(2)41-22-12-9-20-36(41)46-38(31-25-27-43-39(29-31)34-19-10-13-23-42(34)52(43)32-15-5-3-6-16-32)30-40-35-26-28-45-47(37-21-11-14-24-44(37)54-45)49(35)53(50(40)48(46)51)33-17-7-4-8-18-33/h3-30H,1-2H3. The molecule has 3 aromatic heterocycles. The maximum Gasteiger partial charge on any atom is 0.137 e. The van der Waals surface area contributed by atoms with Gasteiger partial charge in [-0.2, -0.15) is 0 Å². The van der Waals surface area contributed by atoms with Crippen LogP contribution >= 0.6 is 0 Å². The molecule has 0 fully saturated rings. The van der Waals surface area contributed by atoms with Crippen LogP contribution in [0.15, 0.2) is 174 Å². The zero-order valence-corrected chi connectivity index (χ0v) is 30.0. The molecule has 0 radical (unpaired) electrons. The van der Waals surface area contributed by atoms with E-state index < -0.39 is 0 Å². The monoisotopic (exact) mass is 690 g/mol. The Morgan fingerprint density at radius 2 is 1.11 bits per heavy atom. The highest BCUT2D eigenvalue weighted by atomic mass is 16.3. The molecule has 0 unspecified atom stereocenters. The largest absolute Gasteiger partial charge is 0.456 e. The first kappa shape index (κ1) is 29.7. The molecule has 0 amide bonds. The van der Waals surface area contributed by atoms with Crippen LogP contribution in [0.25, 0.3) is 99.2 Å². The van der Waals surface area contributed by atoms with Gasteiger partial charge >= 0.3 is 0 Å². The van der Waals surface area contributed by atoms with Crippen molar-refractivity contribution in [3.05, 3.63) is 181 Å². The molecule has 3 nitrogen and oxygen atoms in total. The molecule has 11 aromatic rings. The maximum absolute atomic E-state index is 6.52. The zero-order chi connectivity index (χ0) is 35.7. The van der Waals surface area contributed by atoms with E-state index in [-0.39, 0.29) is 5.41 Å². The topological polar surface area (TPSA) is 23.0 Å². The van der Waals surface area contributed by atoms with Gasteiger partial charge in [0.05, 0.1) is 27.5 Å². The molecule has 54 heavy (non-hydrogen) atoms. The smallest absolute Gasteiger partial charge is 0.137 e. The molecule has 0 atom stereocenters. The van der Waals surface area contributed by atoms with Gasteiger partial charge in [-0.15, -0.1) is 0 Å². The predicted octanol–water partition coefficient (Wildman–Crippen LogP) is 13.8. The summed E-state index contributed by atoms with van der Waals surface area (Å²) in [5.41, 5.74) is 16.6. The molecule has 3 heterocycles. The minimum atomic E-state index is -0.258. The first-order valence-electron chi connectivity index (χ1n) is 18.8. The van der Waals surface area contributed by atoms with Gasteiger partial charge < -0.3 is 13.6 Å². The lowest BCUT2D eigenvalue weighted by Gasteiger charge is -2.24. The average Bonchev–Trinajstić information content (AvgIpc) is 3.93. The third-order valence-corrected chi connectivity index (χ3v) is 12.1. The van der Waals surface area contributed by atoms with E-state index in [1.807, 2.05) is 0 Å². The van der Waals surface area contributed by atoms with Crippen LogP contribution in [0.2, 0.25) is 0 Å². The fourth-order valence-corrected chi connectivity index (χ4v) is 9.80. The Kier molecular flexibility index (Phi) is 5.84. The van der Waals surface area contributed by atoms with Crippen molar-refractivity contribution in [1.29, 1.82) is 0 Å². The van der Waals surface area contributed by atoms with E-state index in [1.165, 1.54) is 82.7 Å². The van der Waals surface area contributed by atoms with Crippen LogP contribution < -0.4 is 0 Å². The van der Waals surface area contributed by atoms with Crippen molar-refractivity contribution in [2.75, 3.05) is 0 Å². The number of hydrogen-bond donors (Lipinski definition) is 0. The van der Waals surface area contributed by atoms with Crippen molar-refractivity contribution in [2.45, 2.75) is 19.3 Å². The van der Waals surface area contributed by atoms with Crippen LogP contribution in [0.3, 0.4) is 0 Å². The van der Waals surface area contributed by atoms with Crippen LogP contribution in [0, 0.1) is 0 Å². The SMILES string of the molecule is CC1(C)c2ccccc2-c2c(-c3ccc4c(c3)c3ccccc3n4-c3ccccc3)cc3c4ccc5oc6ccccc6c5c4n(-c4ccccc4)c3c21. The molecule has 12 rings (SSSR count). The van der Waals surface area contributed by atoms with Gasteiger partial charge in [0.1, 0.15) is 11.2 Å². The summed E-state index contributed by atoms with van der Waals surface area (Å²) >= 11 is 0. The summed E-state index contributed by atoms with van der Waals surface area (Å²) in [6.07, 6.45) is 0. The summed E-state index contributed by atoms with van der Waals surface area (Å²) in [5.74, 6) is 0. The lowest BCUT2D eigenvalue weighted by Crippen LogP contribution is -2.16. The van der Waals surface area contributed by atoms with Crippen molar-refractivity contribution in [3.63, 3.8) is 0 Å². The van der Waals surface area contributed by atoms with Crippen molar-refractivity contribution < 1.29 is 4.42 Å². The van der Waals surface area contributed by atoms with E-state index in [4.69, 9.17) is 4.42 Å². The Morgan fingerprint density at radius 3 is 1.93 bits per heavy atom. The third kappa shape index (κ3) is 3.80. The molecule has 0 N–H and O–H groups in total. The van der Waals surface area contributed by atoms with Crippen LogP contribution in [-0.2, 0) is 5.41 Å². The predicted molar refractivity (Wildman–Crippen MR) is 225 cm³/mol. The van der Waals surface area contributed by atoms with E-state index in [9.17, 15) is 0 Å². The molecule has 0 spiro atoms. The van der Waals surface area contributed by atoms with Gasteiger partial charge in [-0.1, -0.05) is 117 Å². The highest BCUT2D eigenvalue weighted by molar-refractivity contribution is 6.26. The fourth-order valence-electron chi connectivity index (χ4n) is 9.80. The molecular weight excluding hydrogens is 657 g/mol. The highest BCUT2D eigenvalue weighted by Gasteiger charge is 2.40. The van der Waals surface area contributed by atoms with Crippen molar-refractivity contribution in [2.24, 2.45) is 0 Å². The summed E-state index contributed by atoms with van der Waals surface area (Å²) in [4.78, 5) is 0. The van der Waals surface area contributed by atoms with E-state index >= 15 is 0 Å². The molecule has 0 saturated heterocycles. The highest BCUT2D eigenvalue weighted by Crippen LogP contribution is 2.57. The van der Waals surface area contributed by atoms with Crippen molar-refractivity contribution in [1.82, 2.24) is 9.13 Å². The number of rotatable bonds is 3. The Bertz CT molecular complexity index is 3340. The first-order valence-corrected chi connectivity index (χ1v) is 18.8. The number of fused-ring (bicyclic) bond motifs is 14. The Labute approximate surface area is 311 Å². The van der Waals surface area contributed by atoms with Gasteiger partial charge in [-0.3, -0.25) is 0 Å². The normalized spacial score (nSPS) is 13.5. The van der Waals surface area contributed by atoms with E-state index in [1.54, 1.807) is 0 Å². The van der Waals surface area contributed by atoms with Crippen LogP contribution in [-0.4, -0.2) is 9.13 Å². The second-order valence-corrected chi connectivity index (χ2v) is 15.3. The summed E-state index contributed by atoms with van der Waals surface area (Å²) in [7, 11) is 0. The van der Waals surface area contributed by atoms with Gasteiger partial charge in [-0.05, 0) is 100 Å². The van der Waals surface area contributed by atoms with Gasteiger partial charge in [0.25, 0.3) is 0 Å². The maximum atomic E-state index is 6.52. The molecular formula is C51H34N2O. The number of hydrogen-bond acceptors (Lipinski definition) is 1. The number of para-hydroxylation sites is 4. The molecule has 0 saturated carbocycles. The average molecular weight is 691 g/mol. The first-order chi connectivity index (χ1) is 26.6. The summed E-state index contributed by atoms with van der Waals surface area (Å²) in [6, 6.07) is 62.0. The van der Waals surface area contributed by atoms with Gasteiger partial charge in [0, 0.05) is 43.7 Å². The number of benzene rings is 8. The molecule has 1 aliphatic carbocycles. The molecule has 0 bridgehead atoms. The minimum absolute atomic E-state index is 0.258. The summed E-state index contributed by atoms with van der Waals surface area (Å²) in [5, 5.41) is 7.28. The van der Waals surface area contributed by atoms with Gasteiger partial charge in [-0.25, -0.2) is 0 Å². The van der Waals surface area contributed by atoms with Crippen molar-refractivity contribution in [3.8, 4) is 33.6 Å². The number of aromatic nitrogens is 2. The van der Waals surface area contributed by atoms with Gasteiger partial charge in [0.15, 0.2) is 0 Å². The lowest BCUT2D eigenvalue weighted by atomic mass is 9.80. The Morgan fingerprint density at radius 1 is 0.444 bits per heavy atom. The van der Waals surface area contributed by atoms with E-state index in [0.717, 1.165) is 27.6 Å². The summed E-state index contributed by atoms with van der Waals surface area (Å²) < 4.78 is 11.4. The van der Waals surface area contributed by atoms with Crippen LogP contribution in [0.4, 0.5) is 0 Å². The minimum Gasteiger partial charge on any atom is -0.456 e. The number of nitrogens with zero attached hydrogens (tertiary/aromatic N) is 2. The quantitative estimate of drug-likeness (QED) is 0.181. The summed E-state index contributed by atoms with van der Waals surface area (Å²) in [6.45, 7) is 4.82. The molecule has 1 aliphatic rings.